The van der Waals surface area contributed by atoms with Crippen LogP contribution in [0.1, 0.15) is 31.4 Å². The normalized spacial score (nSPS) is 31.5. The van der Waals surface area contributed by atoms with Gasteiger partial charge in [-0.1, -0.05) is 18.2 Å². The lowest BCUT2D eigenvalue weighted by Gasteiger charge is -2.48. The summed E-state index contributed by atoms with van der Waals surface area (Å²) < 4.78 is 0. The molecule has 1 fully saturated rings. The van der Waals surface area contributed by atoms with Crippen molar-refractivity contribution in [3.8, 4) is 0 Å². The number of H-pyrrole nitrogens is 1. The fourth-order valence-corrected chi connectivity index (χ4v) is 5.25. The van der Waals surface area contributed by atoms with E-state index >= 15 is 0 Å². The molecule has 25 heavy (non-hydrogen) atoms. The number of carbonyl (C=O) groups is 1. The fourth-order valence-electron chi connectivity index (χ4n) is 5.25. The maximum atomic E-state index is 13.1. The first-order valence-corrected chi connectivity index (χ1v) is 9.38. The molecular weight excluding hydrogens is 310 g/mol. The average molecular weight is 335 g/mol. The smallest absolute Gasteiger partial charge is 0.231 e. The summed E-state index contributed by atoms with van der Waals surface area (Å²) in [5.41, 5.74) is 5.24. The summed E-state index contributed by atoms with van der Waals surface area (Å²) in [4.78, 5) is 21.0. The quantitative estimate of drug-likeness (QED) is 0.870. The number of hydrogen-bond donors (Lipinski definition) is 1. The van der Waals surface area contributed by atoms with Crippen molar-refractivity contribution < 1.29 is 4.79 Å². The molecule has 0 spiro atoms. The van der Waals surface area contributed by atoms with Gasteiger partial charge in [-0.05, 0) is 56.5 Å². The van der Waals surface area contributed by atoms with E-state index in [1.165, 1.54) is 27.6 Å². The molecule has 0 saturated carbocycles. The first-order valence-electron chi connectivity index (χ1n) is 9.38. The van der Waals surface area contributed by atoms with Crippen molar-refractivity contribution in [3.63, 3.8) is 0 Å². The molecule has 1 amide bonds. The van der Waals surface area contributed by atoms with Gasteiger partial charge >= 0.3 is 0 Å². The standard InChI is InChI=1S/C21H25N3O/c1-12-7-13(2)24(12)21(25)15-8-17-16-5-4-6-18-20(16)14(10-22-18)9-19(17)23(3)11-15/h4-6,8,10,12-13,15,19,22H,7,9,11H2,1-3H3/t12-,13+,15?,19-/m1/s1. The molecule has 2 aliphatic heterocycles. The first kappa shape index (κ1) is 15.2. The Balaban J connectivity index is 1.58. The van der Waals surface area contributed by atoms with Gasteiger partial charge in [-0.3, -0.25) is 9.69 Å². The summed E-state index contributed by atoms with van der Waals surface area (Å²) in [6.45, 7) is 5.14. The molecule has 0 radical (unpaired) electrons. The minimum absolute atomic E-state index is 0.0304. The number of aromatic nitrogens is 1. The number of likely N-dealkylation sites (N-methyl/N-ethyl adjacent to an activating group) is 1. The Morgan fingerprint density at radius 2 is 2.04 bits per heavy atom. The number of carbonyl (C=O) groups excluding carboxylic acids is 1. The molecule has 1 N–H and O–H groups in total. The third kappa shape index (κ3) is 2.07. The van der Waals surface area contributed by atoms with Gasteiger partial charge in [0.2, 0.25) is 5.91 Å². The van der Waals surface area contributed by atoms with Crippen LogP contribution in [0.3, 0.4) is 0 Å². The van der Waals surface area contributed by atoms with E-state index in [9.17, 15) is 4.79 Å². The van der Waals surface area contributed by atoms with Crippen LogP contribution in [0.5, 0.6) is 0 Å². The molecule has 5 rings (SSSR count). The number of rotatable bonds is 1. The molecule has 1 aromatic carbocycles. The number of likely N-dealkylation sites (tertiary alicyclic amines) is 1. The van der Waals surface area contributed by atoms with Gasteiger partial charge in [-0.2, -0.15) is 0 Å². The van der Waals surface area contributed by atoms with Crippen LogP contribution in [0.2, 0.25) is 0 Å². The van der Waals surface area contributed by atoms with E-state index in [2.05, 4.69) is 66.2 Å². The highest BCUT2D eigenvalue weighted by molar-refractivity contribution is 5.99. The highest BCUT2D eigenvalue weighted by Gasteiger charge is 2.41. The van der Waals surface area contributed by atoms with Crippen LogP contribution in [-0.2, 0) is 11.2 Å². The average Bonchev–Trinajstić information content (AvgIpc) is 3.00. The molecular formula is C21H25N3O. The Hall–Kier alpha value is -2.07. The Bertz CT molecular complexity index is 888. The van der Waals surface area contributed by atoms with E-state index in [0.717, 1.165) is 19.4 Å². The van der Waals surface area contributed by atoms with Gasteiger partial charge in [-0.15, -0.1) is 0 Å². The SMILES string of the molecule is C[C@@H]1C[C@H](C)N1C(=O)C1C=C2c3cccc4[nH]cc(c34)C[C@H]2N(C)C1. The molecule has 3 aliphatic rings. The third-order valence-corrected chi connectivity index (χ3v) is 6.47. The van der Waals surface area contributed by atoms with Crippen LogP contribution in [0.4, 0.5) is 0 Å². The predicted molar refractivity (Wildman–Crippen MR) is 100 cm³/mol. The third-order valence-electron chi connectivity index (χ3n) is 6.47. The highest BCUT2D eigenvalue weighted by atomic mass is 16.2. The molecule has 1 unspecified atom stereocenters. The summed E-state index contributed by atoms with van der Waals surface area (Å²) in [7, 11) is 2.17. The Morgan fingerprint density at radius 3 is 2.80 bits per heavy atom. The van der Waals surface area contributed by atoms with Crippen LogP contribution in [0, 0.1) is 5.92 Å². The second kappa shape index (κ2) is 5.21. The number of nitrogens with one attached hydrogen (secondary N) is 1. The van der Waals surface area contributed by atoms with Gasteiger partial charge in [0.15, 0.2) is 0 Å². The molecule has 4 nitrogen and oxygen atoms in total. The molecule has 2 aromatic rings. The van der Waals surface area contributed by atoms with E-state index in [1.807, 2.05) is 0 Å². The molecule has 1 aromatic heterocycles. The second-order valence-electron chi connectivity index (χ2n) is 8.11. The summed E-state index contributed by atoms with van der Waals surface area (Å²) in [5, 5.41) is 1.34. The van der Waals surface area contributed by atoms with Crippen LogP contribution in [0.15, 0.2) is 30.5 Å². The van der Waals surface area contributed by atoms with Gasteiger partial charge in [-0.25, -0.2) is 0 Å². The minimum Gasteiger partial charge on any atom is -0.361 e. The minimum atomic E-state index is -0.0304. The van der Waals surface area contributed by atoms with Crippen molar-refractivity contribution >= 4 is 22.4 Å². The molecule has 1 saturated heterocycles. The Morgan fingerprint density at radius 1 is 1.24 bits per heavy atom. The van der Waals surface area contributed by atoms with Crippen molar-refractivity contribution in [1.29, 1.82) is 0 Å². The van der Waals surface area contributed by atoms with Gasteiger partial charge in [0, 0.05) is 41.8 Å². The van der Waals surface area contributed by atoms with Crippen LogP contribution >= 0.6 is 0 Å². The van der Waals surface area contributed by atoms with Crippen LogP contribution < -0.4 is 0 Å². The molecule has 4 atom stereocenters. The maximum Gasteiger partial charge on any atom is 0.231 e. The zero-order chi connectivity index (χ0) is 17.3. The maximum absolute atomic E-state index is 13.1. The van der Waals surface area contributed by atoms with Crippen molar-refractivity contribution in [3.05, 3.63) is 41.6 Å². The van der Waals surface area contributed by atoms with E-state index < -0.39 is 0 Å². The Kier molecular flexibility index (Phi) is 3.17. The summed E-state index contributed by atoms with van der Waals surface area (Å²) in [6.07, 6.45) is 6.57. The number of fused-ring (bicyclic) bond motifs is 2. The van der Waals surface area contributed by atoms with Gasteiger partial charge < -0.3 is 9.88 Å². The topological polar surface area (TPSA) is 39.3 Å². The lowest BCUT2D eigenvalue weighted by Crippen LogP contribution is -2.59. The zero-order valence-electron chi connectivity index (χ0n) is 15.1. The summed E-state index contributed by atoms with van der Waals surface area (Å²) in [6, 6.07) is 7.62. The molecule has 3 heterocycles. The fraction of sp³-hybridized carbons (Fsp3) is 0.476. The van der Waals surface area contributed by atoms with Crippen molar-refractivity contribution in [2.75, 3.05) is 13.6 Å². The van der Waals surface area contributed by atoms with Gasteiger partial charge in [0.25, 0.3) is 0 Å². The van der Waals surface area contributed by atoms with E-state index in [-0.39, 0.29) is 5.92 Å². The largest absolute Gasteiger partial charge is 0.361 e. The summed E-state index contributed by atoms with van der Waals surface area (Å²) >= 11 is 0. The number of nitrogens with zero attached hydrogens (tertiary/aromatic N) is 2. The molecule has 1 aliphatic carbocycles. The predicted octanol–water partition coefficient (Wildman–Crippen LogP) is 3.05. The number of amides is 1. The number of aromatic amines is 1. The lowest BCUT2D eigenvalue weighted by molar-refractivity contribution is -0.146. The van der Waals surface area contributed by atoms with Crippen molar-refractivity contribution in [1.82, 2.24) is 14.8 Å². The van der Waals surface area contributed by atoms with Crippen LogP contribution in [0.25, 0.3) is 16.5 Å². The van der Waals surface area contributed by atoms with Crippen molar-refractivity contribution in [2.45, 2.75) is 44.8 Å². The Labute approximate surface area is 148 Å². The molecule has 0 bridgehead atoms. The first-order chi connectivity index (χ1) is 12.0. The van der Waals surface area contributed by atoms with Gasteiger partial charge in [0.05, 0.1) is 5.92 Å². The molecule has 130 valence electrons. The van der Waals surface area contributed by atoms with Crippen molar-refractivity contribution in [2.24, 2.45) is 5.92 Å². The van der Waals surface area contributed by atoms with Gasteiger partial charge in [0.1, 0.15) is 0 Å². The molecule has 4 heteroatoms. The highest BCUT2D eigenvalue weighted by Crippen LogP contribution is 2.41. The van der Waals surface area contributed by atoms with Crippen LogP contribution in [-0.4, -0.2) is 52.4 Å². The number of benzene rings is 1. The van der Waals surface area contributed by atoms with E-state index in [0.29, 0.717) is 24.0 Å². The number of hydrogen-bond acceptors (Lipinski definition) is 2. The monoisotopic (exact) mass is 335 g/mol. The second-order valence-corrected chi connectivity index (χ2v) is 8.11. The van der Waals surface area contributed by atoms with E-state index in [1.54, 1.807) is 0 Å². The zero-order valence-corrected chi connectivity index (χ0v) is 15.1. The summed E-state index contributed by atoms with van der Waals surface area (Å²) in [5.74, 6) is 0.272. The van der Waals surface area contributed by atoms with E-state index in [4.69, 9.17) is 0 Å². The lowest BCUT2D eigenvalue weighted by atomic mass is 9.79.